The molecule has 0 spiro atoms. The highest BCUT2D eigenvalue weighted by Crippen LogP contribution is 2.19. The first kappa shape index (κ1) is 26.2. The Morgan fingerprint density at radius 3 is 2.09 bits per heavy atom. The second-order valence-electron chi connectivity index (χ2n) is 8.68. The van der Waals surface area contributed by atoms with E-state index in [0.29, 0.717) is 37.3 Å². The summed E-state index contributed by atoms with van der Waals surface area (Å²) in [5.41, 5.74) is 2.30. The summed E-state index contributed by atoms with van der Waals surface area (Å²) in [6.07, 6.45) is 12.8. The van der Waals surface area contributed by atoms with E-state index in [0.717, 1.165) is 18.4 Å². The number of rotatable bonds is 17. The Labute approximate surface area is 193 Å². The van der Waals surface area contributed by atoms with Crippen LogP contribution in [0.2, 0.25) is 0 Å². The number of hydrogen-bond donors (Lipinski definition) is 0. The van der Waals surface area contributed by atoms with Crippen LogP contribution in [-0.2, 0) is 6.42 Å². The van der Waals surface area contributed by atoms with Gasteiger partial charge in [-0.25, -0.2) is 18.7 Å². The molecular formula is C27H40F2N2O. The van der Waals surface area contributed by atoms with E-state index < -0.39 is 12.3 Å². The highest BCUT2D eigenvalue weighted by Gasteiger charge is 2.11. The highest BCUT2D eigenvalue weighted by molar-refractivity contribution is 5.55. The Bertz CT molecular complexity index is 721. The van der Waals surface area contributed by atoms with Gasteiger partial charge in [0.15, 0.2) is 11.6 Å². The number of unbranched alkanes of at least 4 members (excludes halogenated alkanes) is 5. The van der Waals surface area contributed by atoms with E-state index in [2.05, 4.69) is 41.2 Å². The zero-order chi connectivity index (χ0) is 23.0. The van der Waals surface area contributed by atoms with Gasteiger partial charge in [0.25, 0.3) is 0 Å². The number of aromatic nitrogens is 2. The molecule has 0 aliphatic carbocycles. The molecule has 1 heterocycles. The monoisotopic (exact) mass is 446 g/mol. The molecule has 0 fully saturated rings. The molecule has 1 aromatic heterocycles. The minimum Gasteiger partial charge on any atom is -0.487 e. The average molecular weight is 447 g/mol. The topological polar surface area (TPSA) is 35.0 Å². The first-order chi connectivity index (χ1) is 15.6. The van der Waals surface area contributed by atoms with Crippen molar-refractivity contribution >= 4 is 0 Å². The number of alkyl halides is 2. The van der Waals surface area contributed by atoms with E-state index in [1.165, 1.54) is 44.1 Å². The van der Waals surface area contributed by atoms with Crippen molar-refractivity contribution in [3.63, 3.8) is 0 Å². The summed E-state index contributed by atoms with van der Waals surface area (Å²) in [6, 6.07) is 8.39. The summed E-state index contributed by atoms with van der Waals surface area (Å²) in [4.78, 5) is 8.72. The van der Waals surface area contributed by atoms with E-state index in [4.69, 9.17) is 4.74 Å². The smallest absolute Gasteiger partial charge is 0.159 e. The van der Waals surface area contributed by atoms with E-state index >= 15 is 0 Å². The first-order valence-electron chi connectivity index (χ1n) is 12.4. The van der Waals surface area contributed by atoms with Gasteiger partial charge in [-0.2, -0.15) is 0 Å². The molecule has 2 unspecified atom stereocenters. The number of ether oxygens (including phenoxy) is 1. The number of hydrogen-bond acceptors (Lipinski definition) is 3. The molecule has 5 heteroatoms. The number of aryl methyl sites for hydroxylation is 1. The molecule has 0 aliphatic rings. The van der Waals surface area contributed by atoms with Gasteiger partial charge in [0.1, 0.15) is 19.0 Å². The maximum Gasteiger partial charge on any atom is 0.159 e. The van der Waals surface area contributed by atoms with Gasteiger partial charge in [-0.3, -0.25) is 0 Å². The zero-order valence-electron chi connectivity index (χ0n) is 19.9. The fraction of sp³-hybridized carbons (Fsp3) is 0.630. The van der Waals surface area contributed by atoms with E-state index in [9.17, 15) is 8.78 Å². The van der Waals surface area contributed by atoms with Gasteiger partial charge in [0.05, 0.1) is 12.4 Å². The quantitative estimate of drug-likeness (QED) is 0.230. The van der Waals surface area contributed by atoms with Crippen LogP contribution in [0, 0.1) is 0 Å². The summed E-state index contributed by atoms with van der Waals surface area (Å²) in [7, 11) is 0. The minimum atomic E-state index is -1.11. The molecule has 3 nitrogen and oxygen atoms in total. The average Bonchev–Trinajstić information content (AvgIpc) is 2.81. The predicted molar refractivity (Wildman–Crippen MR) is 129 cm³/mol. The van der Waals surface area contributed by atoms with Gasteiger partial charge < -0.3 is 4.74 Å². The lowest BCUT2D eigenvalue weighted by molar-refractivity contribution is 0.177. The Morgan fingerprint density at radius 1 is 0.750 bits per heavy atom. The fourth-order valence-electron chi connectivity index (χ4n) is 3.76. The van der Waals surface area contributed by atoms with Crippen molar-refractivity contribution in [2.45, 2.75) is 103 Å². The highest BCUT2D eigenvalue weighted by atomic mass is 19.1. The van der Waals surface area contributed by atoms with Crippen molar-refractivity contribution in [2.75, 3.05) is 6.61 Å². The van der Waals surface area contributed by atoms with Gasteiger partial charge in [-0.15, -0.1) is 0 Å². The molecule has 32 heavy (non-hydrogen) atoms. The molecule has 178 valence electrons. The van der Waals surface area contributed by atoms with Crippen LogP contribution < -0.4 is 4.74 Å². The number of halogens is 2. The molecule has 0 N–H and O–H groups in total. The van der Waals surface area contributed by atoms with Crippen molar-refractivity contribution in [1.82, 2.24) is 9.97 Å². The van der Waals surface area contributed by atoms with Crippen LogP contribution in [0.25, 0.3) is 11.4 Å². The second kappa shape index (κ2) is 15.7. The van der Waals surface area contributed by atoms with Crippen LogP contribution in [0.5, 0.6) is 5.75 Å². The van der Waals surface area contributed by atoms with Gasteiger partial charge in [0.2, 0.25) is 0 Å². The molecule has 0 saturated carbocycles. The number of nitrogens with zero attached hydrogens (tertiary/aromatic N) is 2. The predicted octanol–water partition coefficient (Wildman–Crippen LogP) is 8.07. The maximum atomic E-state index is 14.0. The third-order valence-electron chi connectivity index (χ3n) is 5.73. The van der Waals surface area contributed by atoms with Crippen LogP contribution >= 0.6 is 0 Å². The van der Waals surface area contributed by atoms with Crippen molar-refractivity contribution in [1.29, 1.82) is 0 Å². The minimum absolute atomic E-state index is 0.0550. The third kappa shape index (κ3) is 10.5. The molecule has 0 amide bonds. The largest absolute Gasteiger partial charge is 0.487 e. The molecule has 1 aromatic carbocycles. The van der Waals surface area contributed by atoms with Crippen LogP contribution in [0.4, 0.5) is 8.78 Å². The van der Waals surface area contributed by atoms with E-state index in [-0.39, 0.29) is 6.61 Å². The summed E-state index contributed by atoms with van der Waals surface area (Å²) < 4.78 is 32.9. The van der Waals surface area contributed by atoms with Crippen LogP contribution in [0.1, 0.15) is 90.0 Å². The Balaban J connectivity index is 1.70. The Kier molecular flexibility index (Phi) is 12.9. The first-order valence-corrected chi connectivity index (χ1v) is 12.4. The summed E-state index contributed by atoms with van der Waals surface area (Å²) in [5, 5.41) is 0. The Hall–Kier alpha value is -2.04. The molecule has 0 radical (unpaired) electrons. The maximum absolute atomic E-state index is 14.0. The lowest BCUT2D eigenvalue weighted by Gasteiger charge is -2.11. The third-order valence-corrected chi connectivity index (χ3v) is 5.73. The van der Waals surface area contributed by atoms with Gasteiger partial charge in [0, 0.05) is 5.56 Å². The second-order valence-corrected chi connectivity index (χ2v) is 8.68. The molecule has 2 rings (SSSR count). The van der Waals surface area contributed by atoms with E-state index in [1.54, 1.807) is 12.4 Å². The lowest BCUT2D eigenvalue weighted by Crippen LogP contribution is -2.14. The Morgan fingerprint density at radius 2 is 1.41 bits per heavy atom. The van der Waals surface area contributed by atoms with Crippen molar-refractivity contribution in [2.24, 2.45) is 0 Å². The standard InChI is InChI=1S/C27H40F2N2O/c1-3-5-6-7-8-9-12-22-15-17-23(18-16-22)27-30-19-26(20-31-27)32-21-25(29)14-10-13-24(28)11-4-2/h15-20,24-25H,3-14,21H2,1-2H3. The van der Waals surface area contributed by atoms with Gasteiger partial charge in [-0.05, 0) is 44.1 Å². The van der Waals surface area contributed by atoms with Crippen molar-refractivity contribution in [3.05, 3.63) is 42.2 Å². The van der Waals surface area contributed by atoms with Gasteiger partial charge in [-0.1, -0.05) is 76.6 Å². The lowest BCUT2D eigenvalue weighted by atomic mass is 10.0. The van der Waals surface area contributed by atoms with Crippen molar-refractivity contribution < 1.29 is 13.5 Å². The van der Waals surface area contributed by atoms with Crippen LogP contribution in [-0.4, -0.2) is 28.9 Å². The zero-order valence-corrected chi connectivity index (χ0v) is 19.9. The molecule has 2 atom stereocenters. The molecule has 0 saturated heterocycles. The van der Waals surface area contributed by atoms with Crippen LogP contribution in [0.15, 0.2) is 36.7 Å². The summed E-state index contributed by atoms with van der Waals surface area (Å²) in [6.45, 7) is 4.14. The van der Waals surface area contributed by atoms with E-state index in [1.807, 2.05) is 6.92 Å². The normalized spacial score (nSPS) is 13.1. The van der Waals surface area contributed by atoms with Gasteiger partial charge >= 0.3 is 0 Å². The molecule has 0 aliphatic heterocycles. The fourth-order valence-corrected chi connectivity index (χ4v) is 3.76. The molecular weight excluding hydrogens is 406 g/mol. The molecule has 0 bridgehead atoms. The van der Waals surface area contributed by atoms with Crippen LogP contribution in [0.3, 0.4) is 0 Å². The molecule has 2 aromatic rings. The SMILES string of the molecule is CCCCCCCCc1ccc(-c2ncc(OCC(F)CCCC(F)CCC)cn2)cc1. The van der Waals surface area contributed by atoms with Crippen molar-refractivity contribution in [3.8, 4) is 17.1 Å². The number of benzene rings is 1. The summed E-state index contributed by atoms with van der Waals surface area (Å²) in [5.74, 6) is 1.08. The summed E-state index contributed by atoms with van der Waals surface area (Å²) >= 11 is 0.